The van der Waals surface area contributed by atoms with Crippen molar-refractivity contribution in [3.63, 3.8) is 0 Å². The first-order valence-electron chi connectivity index (χ1n) is 10.2. The summed E-state index contributed by atoms with van der Waals surface area (Å²) < 4.78 is 29.7. The summed E-state index contributed by atoms with van der Waals surface area (Å²) in [6.07, 6.45) is 1.20. The molecule has 0 saturated carbocycles. The average molecular weight is 425 g/mol. The summed E-state index contributed by atoms with van der Waals surface area (Å²) in [7, 11) is 1.58. The number of likely N-dealkylation sites (tertiary alicyclic amines) is 1. The molecule has 8 heteroatoms. The Labute approximate surface area is 179 Å². The highest BCUT2D eigenvalue weighted by molar-refractivity contribution is 5.79. The third kappa shape index (κ3) is 4.68. The van der Waals surface area contributed by atoms with Crippen LogP contribution in [-0.2, 0) is 11.3 Å². The van der Waals surface area contributed by atoms with Gasteiger partial charge < -0.3 is 18.9 Å². The van der Waals surface area contributed by atoms with Crippen LogP contribution in [-0.4, -0.2) is 41.2 Å². The predicted molar refractivity (Wildman–Crippen MR) is 111 cm³/mol. The zero-order valence-corrected chi connectivity index (χ0v) is 17.5. The van der Waals surface area contributed by atoms with Crippen LogP contribution in [0.4, 0.5) is 4.39 Å². The number of hydrogen-bond acceptors (Lipinski definition) is 6. The molecule has 2 aromatic carbocycles. The first-order chi connectivity index (χ1) is 15.1. The molecule has 1 saturated heterocycles. The molecule has 0 bridgehead atoms. The van der Waals surface area contributed by atoms with Gasteiger partial charge >= 0.3 is 0 Å². The smallest absolute Gasteiger partial charge is 0.232 e. The minimum absolute atomic E-state index is 0.00756. The van der Waals surface area contributed by atoms with Crippen LogP contribution in [0.5, 0.6) is 11.5 Å². The normalized spacial score (nSPS) is 16.0. The summed E-state index contributed by atoms with van der Waals surface area (Å²) in [4.78, 5) is 18.7. The van der Waals surface area contributed by atoms with Crippen LogP contribution < -0.4 is 9.47 Å². The highest BCUT2D eigenvalue weighted by Crippen LogP contribution is 2.33. The maximum Gasteiger partial charge on any atom is 0.232 e. The zero-order chi connectivity index (χ0) is 21.8. The molecule has 162 valence electrons. The van der Waals surface area contributed by atoms with Crippen molar-refractivity contribution in [1.82, 2.24) is 15.0 Å². The molecule has 31 heavy (non-hydrogen) atoms. The highest BCUT2D eigenvalue weighted by atomic mass is 19.1. The van der Waals surface area contributed by atoms with Crippen molar-refractivity contribution < 1.29 is 23.2 Å². The number of benzene rings is 2. The summed E-state index contributed by atoms with van der Waals surface area (Å²) in [5.41, 5.74) is 1.61. The lowest BCUT2D eigenvalue weighted by atomic mass is 10.1. The Balaban J connectivity index is 1.46. The quantitative estimate of drug-likeness (QED) is 0.539. The van der Waals surface area contributed by atoms with E-state index in [0.717, 1.165) is 17.5 Å². The van der Waals surface area contributed by atoms with Gasteiger partial charge in [-0.2, -0.15) is 4.98 Å². The molecule has 1 amide bonds. The molecule has 0 N–H and O–H groups in total. The number of carbonyl (C=O) groups excluding carboxylic acids is 1. The molecular formula is C23H24FN3O4. The van der Waals surface area contributed by atoms with Crippen molar-refractivity contribution in [1.29, 1.82) is 0 Å². The van der Waals surface area contributed by atoms with Gasteiger partial charge in [0.1, 0.15) is 5.82 Å². The van der Waals surface area contributed by atoms with Crippen molar-refractivity contribution in [3.05, 3.63) is 59.7 Å². The molecule has 2 heterocycles. The topological polar surface area (TPSA) is 77.7 Å². The van der Waals surface area contributed by atoms with Gasteiger partial charge in [-0.15, -0.1) is 0 Å². The second-order valence-corrected chi connectivity index (χ2v) is 7.47. The molecule has 0 aliphatic carbocycles. The van der Waals surface area contributed by atoms with Gasteiger partial charge in [0.15, 0.2) is 11.5 Å². The molecule has 1 aliphatic rings. The van der Waals surface area contributed by atoms with Crippen LogP contribution in [0, 0.1) is 5.82 Å². The molecule has 1 atom stereocenters. The molecule has 7 nitrogen and oxygen atoms in total. The van der Waals surface area contributed by atoms with Gasteiger partial charge in [-0.05, 0) is 42.3 Å². The molecule has 0 radical (unpaired) electrons. The monoisotopic (exact) mass is 425 g/mol. The fraction of sp³-hybridized carbons (Fsp3) is 0.348. The van der Waals surface area contributed by atoms with Gasteiger partial charge in [0.25, 0.3) is 0 Å². The Morgan fingerprint density at radius 2 is 2.00 bits per heavy atom. The molecule has 0 spiro atoms. The maximum absolute atomic E-state index is 13.1. The van der Waals surface area contributed by atoms with Gasteiger partial charge in [-0.25, -0.2) is 4.39 Å². The van der Waals surface area contributed by atoms with Crippen molar-refractivity contribution >= 4 is 5.91 Å². The maximum atomic E-state index is 13.1. The van der Waals surface area contributed by atoms with Gasteiger partial charge in [-0.1, -0.05) is 24.2 Å². The zero-order valence-electron chi connectivity index (χ0n) is 17.5. The molecule has 3 aromatic rings. The summed E-state index contributed by atoms with van der Waals surface area (Å²) in [6, 6.07) is 11.6. The highest BCUT2D eigenvalue weighted by Gasteiger charge is 2.34. The second-order valence-electron chi connectivity index (χ2n) is 7.47. The van der Waals surface area contributed by atoms with Crippen LogP contribution in [0.15, 0.2) is 47.0 Å². The molecular weight excluding hydrogens is 401 g/mol. The Morgan fingerprint density at radius 1 is 1.19 bits per heavy atom. The number of ether oxygens (including phenoxy) is 2. The van der Waals surface area contributed by atoms with Gasteiger partial charge in [0.05, 0.1) is 19.6 Å². The summed E-state index contributed by atoms with van der Waals surface area (Å²) >= 11 is 0. The fourth-order valence-corrected chi connectivity index (χ4v) is 3.56. The van der Waals surface area contributed by atoms with E-state index in [9.17, 15) is 9.18 Å². The molecule has 1 aliphatic heterocycles. The number of aromatic nitrogens is 2. The van der Waals surface area contributed by atoms with E-state index in [1.165, 1.54) is 12.1 Å². The van der Waals surface area contributed by atoms with Crippen LogP contribution in [0.2, 0.25) is 0 Å². The van der Waals surface area contributed by atoms with E-state index in [1.807, 2.05) is 19.1 Å². The Kier molecular flexibility index (Phi) is 6.16. The number of nitrogens with zero attached hydrogens (tertiary/aromatic N) is 3. The van der Waals surface area contributed by atoms with Crippen molar-refractivity contribution in [3.8, 4) is 22.9 Å². The number of amides is 1. The summed E-state index contributed by atoms with van der Waals surface area (Å²) in [5.74, 6) is 1.65. The predicted octanol–water partition coefficient (Wildman–Crippen LogP) is 4.19. The van der Waals surface area contributed by atoms with E-state index >= 15 is 0 Å². The first kappa shape index (κ1) is 20.8. The van der Waals surface area contributed by atoms with Gasteiger partial charge in [0, 0.05) is 25.1 Å². The van der Waals surface area contributed by atoms with Crippen LogP contribution in [0.1, 0.15) is 37.1 Å². The third-order valence-electron chi connectivity index (χ3n) is 5.18. The second kappa shape index (κ2) is 9.16. The number of rotatable bonds is 8. The Bertz CT molecular complexity index is 1050. The van der Waals surface area contributed by atoms with Crippen molar-refractivity contribution in [2.24, 2.45) is 0 Å². The van der Waals surface area contributed by atoms with Crippen LogP contribution in [0.25, 0.3) is 11.4 Å². The van der Waals surface area contributed by atoms with Crippen LogP contribution >= 0.6 is 0 Å². The largest absolute Gasteiger partial charge is 0.493 e. The number of hydrogen-bond donors (Lipinski definition) is 0. The lowest BCUT2D eigenvalue weighted by Gasteiger charge is -2.15. The van der Waals surface area contributed by atoms with Crippen molar-refractivity contribution in [2.45, 2.75) is 32.2 Å². The van der Waals surface area contributed by atoms with E-state index in [0.29, 0.717) is 49.3 Å². The van der Waals surface area contributed by atoms with Crippen LogP contribution in [0.3, 0.4) is 0 Å². The molecule has 1 fully saturated rings. The SMILES string of the molecule is CCCOc1ccc(-c2noc(C3CC(=O)N(Cc4ccc(F)cc4)C3)n2)cc1OC. The molecule has 4 rings (SSSR count). The van der Waals surface area contributed by atoms with E-state index in [2.05, 4.69) is 10.1 Å². The first-order valence-corrected chi connectivity index (χ1v) is 10.2. The minimum Gasteiger partial charge on any atom is -0.493 e. The fourth-order valence-electron chi connectivity index (χ4n) is 3.56. The third-order valence-corrected chi connectivity index (χ3v) is 5.18. The number of carbonyl (C=O) groups is 1. The lowest BCUT2D eigenvalue weighted by Crippen LogP contribution is -2.24. The summed E-state index contributed by atoms with van der Waals surface area (Å²) in [5, 5.41) is 4.09. The average Bonchev–Trinajstić information content (AvgIpc) is 3.41. The van der Waals surface area contributed by atoms with Gasteiger partial charge in [0.2, 0.25) is 17.6 Å². The molecule has 1 aromatic heterocycles. The number of methoxy groups -OCH3 is 1. The van der Waals surface area contributed by atoms with Gasteiger partial charge in [-0.3, -0.25) is 4.79 Å². The minimum atomic E-state index is -0.297. The Hall–Kier alpha value is -3.42. The van der Waals surface area contributed by atoms with E-state index in [4.69, 9.17) is 14.0 Å². The number of halogens is 1. The lowest BCUT2D eigenvalue weighted by molar-refractivity contribution is -0.128. The Morgan fingerprint density at radius 3 is 2.74 bits per heavy atom. The van der Waals surface area contributed by atoms with E-state index < -0.39 is 0 Å². The molecule has 1 unspecified atom stereocenters. The van der Waals surface area contributed by atoms with E-state index in [1.54, 1.807) is 30.2 Å². The van der Waals surface area contributed by atoms with Crippen molar-refractivity contribution in [2.75, 3.05) is 20.3 Å². The summed E-state index contributed by atoms with van der Waals surface area (Å²) in [6.45, 7) is 3.54. The van der Waals surface area contributed by atoms with E-state index in [-0.39, 0.29) is 17.6 Å². The standard InChI is InChI=1S/C23H24FN3O4/c1-3-10-30-19-9-6-16(11-20(19)29-2)22-25-23(31-26-22)17-12-21(28)27(14-17)13-15-4-7-18(24)8-5-15/h4-9,11,17H,3,10,12-14H2,1-2H3.